The lowest BCUT2D eigenvalue weighted by atomic mass is 9.97. The molecular weight excluding hydrogens is 455 g/mol. The maximum Gasteiger partial charge on any atom is 0.501 e. The van der Waals surface area contributed by atoms with Crippen molar-refractivity contribution in [1.82, 2.24) is 14.8 Å². The number of sulfonamides is 1. The zero-order chi connectivity index (χ0) is 23.6. The van der Waals surface area contributed by atoms with Crippen LogP contribution in [0.1, 0.15) is 31.2 Å². The number of allylic oxidation sites excluding steroid dienone is 1. The topological polar surface area (TPSA) is 122 Å². The molecule has 10 nitrogen and oxygen atoms in total. The molecule has 3 amide bonds. The van der Waals surface area contributed by atoms with Crippen molar-refractivity contribution in [2.24, 2.45) is 0 Å². The van der Waals surface area contributed by atoms with Gasteiger partial charge in [-0.15, -0.1) is 4.90 Å². The molecular formula is C21H24FN4O6S+. The number of carbonyl (C=O) groups excluding carboxylic acids is 2. The van der Waals surface area contributed by atoms with Gasteiger partial charge in [0.25, 0.3) is 0 Å². The fourth-order valence-corrected chi connectivity index (χ4v) is 5.64. The molecule has 0 aromatic carbocycles. The number of nitrogens with one attached hydrogen (secondary N) is 1. The predicted octanol–water partition coefficient (Wildman–Crippen LogP) is 0.974. The van der Waals surface area contributed by atoms with Crippen molar-refractivity contribution in [2.75, 3.05) is 19.8 Å². The van der Waals surface area contributed by atoms with Gasteiger partial charge in [0.05, 0.1) is 18.9 Å². The van der Waals surface area contributed by atoms with E-state index < -0.39 is 38.4 Å². The zero-order valence-corrected chi connectivity index (χ0v) is 19.0. The molecule has 0 bridgehead atoms. The fourth-order valence-electron chi connectivity index (χ4n) is 4.01. The number of imide groups is 1. The highest BCUT2D eigenvalue weighted by molar-refractivity contribution is 7.90. The van der Waals surface area contributed by atoms with E-state index in [4.69, 9.17) is 9.26 Å². The predicted molar refractivity (Wildman–Crippen MR) is 113 cm³/mol. The van der Waals surface area contributed by atoms with Crippen LogP contribution in [0.3, 0.4) is 0 Å². The quantitative estimate of drug-likeness (QED) is 0.579. The summed E-state index contributed by atoms with van der Waals surface area (Å²) in [5.74, 6) is -0.403. The third-order valence-electron chi connectivity index (χ3n) is 6.18. The maximum atomic E-state index is 14.9. The van der Waals surface area contributed by atoms with Gasteiger partial charge in [0.15, 0.2) is 18.0 Å². The molecule has 2 aliphatic carbocycles. The monoisotopic (exact) mass is 479 g/mol. The average molecular weight is 480 g/mol. The van der Waals surface area contributed by atoms with Crippen molar-refractivity contribution in [3.63, 3.8) is 0 Å². The van der Waals surface area contributed by atoms with E-state index in [1.165, 1.54) is 18.2 Å². The van der Waals surface area contributed by atoms with Crippen molar-refractivity contribution >= 4 is 27.7 Å². The Labute approximate surface area is 189 Å². The number of ether oxygens (including phenoxy) is 1. The summed E-state index contributed by atoms with van der Waals surface area (Å²) in [4.78, 5) is 27.5. The Bertz CT molecular complexity index is 1240. The van der Waals surface area contributed by atoms with E-state index in [2.05, 4.69) is 9.88 Å². The second kappa shape index (κ2) is 7.40. The molecule has 1 saturated heterocycles. The van der Waals surface area contributed by atoms with Crippen LogP contribution in [0, 0.1) is 6.92 Å². The SMILES string of the molecule is Cc1cc(CN2C(=O)C3=CC(S(=O)(=O)NC4(C)CC4)C=CC3=[N+](CC3(F)COC3)C2=O)on1. The lowest BCUT2D eigenvalue weighted by Crippen LogP contribution is -2.58. The minimum atomic E-state index is -3.81. The van der Waals surface area contributed by atoms with E-state index in [-0.39, 0.29) is 43.3 Å². The van der Waals surface area contributed by atoms with Gasteiger partial charge in [-0.1, -0.05) is 11.2 Å². The maximum absolute atomic E-state index is 14.9. The molecule has 2 fully saturated rings. The number of hydrogen-bond donors (Lipinski definition) is 1. The van der Waals surface area contributed by atoms with E-state index in [9.17, 15) is 22.4 Å². The molecule has 1 N–H and O–H groups in total. The summed E-state index contributed by atoms with van der Waals surface area (Å²) in [7, 11) is -3.81. The Kier molecular flexibility index (Phi) is 4.96. The van der Waals surface area contributed by atoms with Crippen LogP contribution in [-0.2, 0) is 26.1 Å². The van der Waals surface area contributed by atoms with Gasteiger partial charge >= 0.3 is 11.9 Å². The normalized spacial score (nSPS) is 25.6. The molecule has 176 valence electrons. The van der Waals surface area contributed by atoms with Crippen LogP contribution in [0.15, 0.2) is 34.4 Å². The van der Waals surface area contributed by atoms with Gasteiger partial charge in [-0.2, -0.15) is 9.37 Å². The van der Waals surface area contributed by atoms with Crippen molar-refractivity contribution in [3.8, 4) is 0 Å². The number of urea groups is 1. The number of halogens is 1. The molecule has 1 aromatic heterocycles. The van der Waals surface area contributed by atoms with Crippen molar-refractivity contribution in [1.29, 1.82) is 0 Å². The van der Waals surface area contributed by atoms with Gasteiger partial charge in [-0.3, -0.25) is 0 Å². The van der Waals surface area contributed by atoms with Crippen molar-refractivity contribution in [3.05, 3.63) is 41.3 Å². The number of aryl methyl sites for hydroxylation is 1. The molecule has 33 heavy (non-hydrogen) atoms. The first-order valence-corrected chi connectivity index (χ1v) is 12.2. The molecule has 1 unspecified atom stereocenters. The Morgan fingerprint density at radius 3 is 2.64 bits per heavy atom. The summed E-state index contributed by atoms with van der Waals surface area (Å²) in [5.41, 5.74) is -1.46. The molecule has 0 spiro atoms. The van der Waals surface area contributed by atoms with Crippen molar-refractivity contribution in [2.45, 2.75) is 49.7 Å². The summed E-state index contributed by atoms with van der Waals surface area (Å²) < 4.78 is 54.7. The van der Waals surface area contributed by atoms with Gasteiger partial charge in [0.2, 0.25) is 10.0 Å². The number of nitrogens with zero attached hydrogens (tertiary/aromatic N) is 3. The highest BCUT2D eigenvalue weighted by Gasteiger charge is 2.51. The average Bonchev–Trinajstić information content (AvgIpc) is 3.30. The second-order valence-electron chi connectivity index (χ2n) is 9.34. The van der Waals surface area contributed by atoms with E-state index in [1.807, 2.05) is 6.92 Å². The highest BCUT2D eigenvalue weighted by Crippen LogP contribution is 2.36. The molecule has 1 aromatic rings. The summed E-state index contributed by atoms with van der Waals surface area (Å²) in [5, 5.41) is 2.66. The number of rotatable bonds is 7. The largest absolute Gasteiger partial charge is 0.501 e. The standard InChI is InChI=1S/C21H24FN4O6S/c1-13-7-14(32-23-13)9-25-18(27)16-8-15(33(29,30)24-20(2)5-6-20)3-4-17(16)26(19(25)28)10-21(22)11-31-12-21/h3-4,7-8,15,24H,5-6,9-12H2,1-2H3/q+1. The number of hydrogen-bond acceptors (Lipinski definition) is 7. The third kappa shape index (κ3) is 4.06. The molecule has 1 saturated carbocycles. The van der Waals surface area contributed by atoms with E-state index >= 15 is 0 Å². The lowest BCUT2D eigenvalue weighted by Gasteiger charge is -2.34. The van der Waals surface area contributed by atoms with E-state index in [0.29, 0.717) is 5.69 Å². The number of amides is 3. The summed E-state index contributed by atoms with van der Waals surface area (Å²) in [6.45, 7) is 2.65. The fraction of sp³-hybridized carbons (Fsp3) is 0.524. The Morgan fingerprint density at radius 1 is 1.33 bits per heavy atom. The summed E-state index contributed by atoms with van der Waals surface area (Å²) >= 11 is 0. The van der Waals surface area contributed by atoms with Crippen LogP contribution < -0.4 is 4.72 Å². The molecule has 3 heterocycles. The zero-order valence-electron chi connectivity index (χ0n) is 18.2. The van der Waals surface area contributed by atoms with Crippen LogP contribution in [0.5, 0.6) is 0 Å². The Hall–Kier alpha value is -2.70. The summed E-state index contributed by atoms with van der Waals surface area (Å²) in [6.07, 6.45) is 5.60. The Balaban J connectivity index is 1.53. The number of carbonyl (C=O) groups is 2. The molecule has 4 aliphatic rings. The van der Waals surface area contributed by atoms with Gasteiger partial charge in [0.1, 0.15) is 23.1 Å². The van der Waals surface area contributed by atoms with Crippen LogP contribution in [-0.4, -0.2) is 76.9 Å². The van der Waals surface area contributed by atoms with Crippen LogP contribution in [0.25, 0.3) is 0 Å². The lowest BCUT2D eigenvalue weighted by molar-refractivity contribution is -0.465. The molecule has 0 radical (unpaired) electrons. The first-order valence-electron chi connectivity index (χ1n) is 10.6. The highest BCUT2D eigenvalue weighted by atomic mass is 32.2. The molecule has 12 heteroatoms. The van der Waals surface area contributed by atoms with E-state index in [0.717, 1.165) is 22.3 Å². The van der Waals surface area contributed by atoms with E-state index in [1.54, 1.807) is 13.0 Å². The summed E-state index contributed by atoms with van der Waals surface area (Å²) in [6, 6.07) is 0.864. The first kappa shape index (κ1) is 22.1. The first-order chi connectivity index (χ1) is 15.5. The number of aromatic nitrogens is 1. The minimum absolute atomic E-state index is 0.0218. The van der Waals surface area contributed by atoms with Gasteiger partial charge < -0.3 is 9.26 Å². The minimum Gasteiger partial charge on any atom is -0.374 e. The second-order valence-corrected chi connectivity index (χ2v) is 11.2. The molecule has 1 atom stereocenters. The number of alkyl halides is 1. The van der Waals surface area contributed by atoms with Gasteiger partial charge in [-0.05, 0) is 38.8 Å². The van der Waals surface area contributed by atoms with Crippen LogP contribution >= 0.6 is 0 Å². The third-order valence-corrected chi connectivity index (χ3v) is 7.97. The van der Waals surface area contributed by atoms with Crippen molar-refractivity contribution < 1.29 is 36.2 Å². The molecule has 2 aliphatic heterocycles. The van der Waals surface area contributed by atoms with Gasteiger partial charge in [-0.25, -0.2) is 22.3 Å². The van der Waals surface area contributed by atoms with Crippen LogP contribution in [0.2, 0.25) is 0 Å². The van der Waals surface area contributed by atoms with Gasteiger partial charge in [0, 0.05) is 11.6 Å². The Morgan fingerprint density at radius 2 is 2.06 bits per heavy atom. The molecule has 5 rings (SSSR count). The number of fused-ring (bicyclic) bond motifs is 1. The van der Waals surface area contributed by atoms with Crippen LogP contribution in [0.4, 0.5) is 9.18 Å². The smallest absolute Gasteiger partial charge is 0.374 e.